The molecule has 0 spiro atoms. The summed E-state index contributed by atoms with van der Waals surface area (Å²) in [6.07, 6.45) is 1.28. The number of carbonyl (C=O) groups is 2. The number of hydrogen-bond donors (Lipinski definition) is 1. The van der Waals surface area contributed by atoms with Gasteiger partial charge in [-0.3, -0.25) is 0 Å². The van der Waals surface area contributed by atoms with E-state index < -0.39 is 12.0 Å². The predicted octanol–water partition coefficient (Wildman–Crippen LogP) is 1.29. The number of rotatable bonds is 6. The molecule has 2 N–H and O–H groups in total. The van der Waals surface area contributed by atoms with Gasteiger partial charge in [-0.15, -0.1) is 0 Å². The molecule has 0 radical (unpaired) electrons. The summed E-state index contributed by atoms with van der Waals surface area (Å²) in [5.74, 6) is 1.88. The van der Waals surface area contributed by atoms with Crippen molar-refractivity contribution in [2.45, 2.75) is 23.6 Å². The SMILES string of the molecule is C[Se]CC[C@H](N)C(=O)Oc1ccccc1C=O. The van der Waals surface area contributed by atoms with E-state index in [4.69, 9.17) is 10.5 Å². The molecule has 0 saturated heterocycles. The van der Waals surface area contributed by atoms with Crippen LogP contribution in [0.1, 0.15) is 16.8 Å². The minimum atomic E-state index is -0.614. The Hall–Kier alpha value is -1.16. The van der Waals surface area contributed by atoms with E-state index in [0.29, 0.717) is 33.2 Å². The van der Waals surface area contributed by atoms with Crippen LogP contribution in [-0.2, 0) is 4.79 Å². The summed E-state index contributed by atoms with van der Waals surface area (Å²) in [7, 11) is 0. The summed E-state index contributed by atoms with van der Waals surface area (Å²) < 4.78 is 5.11. The van der Waals surface area contributed by atoms with Gasteiger partial charge in [-0.2, -0.15) is 0 Å². The van der Waals surface area contributed by atoms with E-state index in [-0.39, 0.29) is 5.75 Å². The molecule has 0 aliphatic rings. The summed E-state index contributed by atoms with van der Waals surface area (Å²) in [6.45, 7) is 0. The zero-order chi connectivity index (χ0) is 12.7. The average Bonchev–Trinajstić information content (AvgIpc) is 2.36. The van der Waals surface area contributed by atoms with Crippen LogP contribution in [0, 0.1) is 0 Å². The topological polar surface area (TPSA) is 69.4 Å². The second kappa shape index (κ2) is 7.22. The number of ether oxygens (including phenoxy) is 1. The van der Waals surface area contributed by atoms with Crippen LogP contribution in [0.5, 0.6) is 5.75 Å². The first-order chi connectivity index (χ1) is 8.19. The molecule has 0 saturated carbocycles. The maximum absolute atomic E-state index is 11.6. The maximum atomic E-state index is 11.6. The van der Waals surface area contributed by atoms with Crippen molar-refractivity contribution in [3.8, 4) is 5.75 Å². The van der Waals surface area contributed by atoms with Gasteiger partial charge in [0.2, 0.25) is 0 Å². The van der Waals surface area contributed by atoms with E-state index in [9.17, 15) is 9.59 Å². The second-order valence-corrected chi connectivity index (χ2v) is 5.53. The zero-order valence-electron chi connectivity index (χ0n) is 9.59. The Kier molecular flexibility index (Phi) is 5.91. The van der Waals surface area contributed by atoms with Gasteiger partial charge in [-0.05, 0) is 0 Å². The summed E-state index contributed by atoms with van der Waals surface area (Å²) in [5.41, 5.74) is 6.04. The standard InChI is InChI=1S/C12H15NO3Se/c1-17-7-6-10(13)12(15)16-11-5-3-2-4-9(11)8-14/h2-5,8,10H,6-7,13H2,1H3/t10-/m0/s1. The van der Waals surface area contributed by atoms with Gasteiger partial charge in [-0.25, -0.2) is 0 Å². The van der Waals surface area contributed by atoms with Crippen LogP contribution in [0.3, 0.4) is 0 Å². The van der Waals surface area contributed by atoms with Gasteiger partial charge in [0.05, 0.1) is 0 Å². The molecular formula is C12H15NO3Se. The van der Waals surface area contributed by atoms with Crippen LogP contribution in [0.15, 0.2) is 24.3 Å². The molecule has 1 atom stereocenters. The van der Waals surface area contributed by atoms with Gasteiger partial charge in [-0.1, -0.05) is 0 Å². The Morgan fingerprint density at radius 3 is 2.88 bits per heavy atom. The fourth-order valence-corrected chi connectivity index (χ4v) is 2.24. The number of para-hydroxylation sites is 1. The van der Waals surface area contributed by atoms with Gasteiger partial charge in [0.25, 0.3) is 0 Å². The predicted molar refractivity (Wildman–Crippen MR) is 66.5 cm³/mol. The fourth-order valence-electron chi connectivity index (χ4n) is 1.22. The fraction of sp³-hybridized carbons (Fsp3) is 0.333. The van der Waals surface area contributed by atoms with E-state index >= 15 is 0 Å². The molecule has 1 aromatic rings. The normalized spacial score (nSPS) is 11.9. The molecular weight excluding hydrogens is 285 g/mol. The van der Waals surface area contributed by atoms with E-state index in [1.807, 2.05) is 0 Å². The molecule has 0 aromatic heterocycles. The summed E-state index contributed by atoms with van der Waals surface area (Å²) >= 11 is 0.499. The molecule has 4 nitrogen and oxygen atoms in total. The third-order valence-corrected chi connectivity index (χ3v) is 3.54. The first kappa shape index (κ1) is 13.9. The van der Waals surface area contributed by atoms with E-state index in [0.717, 1.165) is 5.32 Å². The van der Waals surface area contributed by atoms with Crippen molar-refractivity contribution in [3.63, 3.8) is 0 Å². The molecule has 0 aliphatic heterocycles. The van der Waals surface area contributed by atoms with Crippen molar-refractivity contribution in [2.75, 3.05) is 0 Å². The Morgan fingerprint density at radius 2 is 2.24 bits per heavy atom. The molecule has 0 aliphatic carbocycles. The van der Waals surface area contributed by atoms with Crippen LogP contribution < -0.4 is 10.5 Å². The van der Waals surface area contributed by atoms with Crippen LogP contribution in [0.25, 0.3) is 0 Å². The quantitative estimate of drug-likeness (QED) is 0.372. The van der Waals surface area contributed by atoms with Gasteiger partial charge in [0.15, 0.2) is 0 Å². The van der Waals surface area contributed by atoms with Gasteiger partial charge < -0.3 is 0 Å². The minimum absolute atomic E-state index is 0.268. The van der Waals surface area contributed by atoms with Crippen LogP contribution in [0.2, 0.25) is 11.1 Å². The van der Waals surface area contributed by atoms with Gasteiger partial charge in [0.1, 0.15) is 0 Å². The summed E-state index contributed by atoms with van der Waals surface area (Å²) in [6, 6.07) is 5.97. The molecule has 1 rings (SSSR count). The number of aldehydes is 1. The number of esters is 1. The molecule has 17 heavy (non-hydrogen) atoms. The van der Waals surface area contributed by atoms with E-state index in [1.54, 1.807) is 24.3 Å². The molecule has 5 heteroatoms. The molecule has 92 valence electrons. The van der Waals surface area contributed by atoms with Crippen molar-refractivity contribution in [1.29, 1.82) is 0 Å². The molecule has 0 heterocycles. The molecule has 0 fully saturated rings. The Bertz CT molecular complexity index is 395. The van der Waals surface area contributed by atoms with Crippen molar-refractivity contribution >= 4 is 27.2 Å². The summed E-state index contributed by atoms with van der Waals surface area (Å²) in [4.78, 5) is 22.4. The molecule has 0 unspecified atom stereocenters. The van der Waals surface area contributed by atoms with Crippen LogP contribution >= 0.6 is 0 Å². The second-order valence-electron chi connectivity index (χ2n) is 3.46. The number of benzene rings is 1. The van der Waals surface area contributed by atoms with Crippen molar-refractivity contribution < 1.29 is 14.3 Å². The monoisotopic (exact) mass is 301 g/mol. The summed E-state index contributed by atoms with van der Waals surface area (Å²) in [5, 5.41) is 0.943. The third-order valence-electron chi connectivity index (χ3n) is 2.19. The number of carbonyl (C=O) groups excluding carboxylic acids is 2. The third kappa shape index (κ3) is 4.30. The van der Waals surface area contributed by atoms with Crippen molar-refractivity contribution in [2.24, 2.45) is 5.73 Å². The first-order valence-electron chi connectivity index (χ1n) is 5.19. The molecule has 1 aromatic carbocycles. The molecule has 0 amide bonds. The Morgan fingerprint density at radius 1 is 1.53 bits per heavy atom. The van der Waals surface area contributed by atoms with Crippen molar-refractivity contribution in [1.82, 2.24) is 0 Å². The van der Waals surface area contributed by atoms with E-state index in [1.165, 1.54) is 0 Å². The number of hydrogen-bond acceptors (Lipinski definition) is 4. The van der Waals surface area contributed by atoms with E-state index in [2.05, 4.69) is 5.82 Å². The van der Waals surface area contributed by atoms with Gasteiger partial charge >= 0.3 is 106 Å². The van der Waals surface area contributed by atoms with Crippen LogP contribution in [-0.4, -0.2) is 33.3 Å². The number of nitrogens with two attached hydrogens (primary N) is 1. The van der Waals surface area contributed by atoms with Crippen LogP contribution in [0.4, 0.5) is 0 Å². The van der Waals surface area contributed by atoms with Crippen molar-refractivity contribution in [3.05, 3.63) is 29.8 Å². The van der Waals surface area contributed by atoms with Gasteiger partial charge in [0, 0.05) is 0 Å². The Balaban J connectivity index is 2.64. The average molecular weight is 300 g/mol. The Labute approximate surface area is 107 Å². The zero-order valence-corrected chi connectivity index (χ0v) is 11.3. The molecule has 0 bridgehead atoms. The first-order valence-corrected chi connectivity index (χ1v) is 8.12.